The fourth-order valence-corrected chi connectivity index (χ4v) is 4.90. The second kappa shape index (κ2) is 8.07. The summed E-state index contributed by atoms with van der Waals surface area (Å²) in [7, 11) is -3.90. The Bertz CT molecular complexity index is 1030. The van der Waals surface area contributed by atoms with E-state index in [1.165, 1.54) is 22.0 Å². The molecule has 2 aromatic carbocycles. The quantitative estimate of drug-likeness (QED) is 0.565. The number of anilines is 1. The maximum atomic E-state index is 13.0. The van der Waals surface area contributed by atoms with Gasteiger partial charge < -0.3 is 0 Å². The Balaban J connectivity index is 2.02. The number of fused-ring (bicyclic) bond motifs is 1. The van der Waals surface area contributed by atoms with Crippen molar-refractivity contribution in [3.63, 3.8) is 0 Å². The third-order valence-electron chi connectivity index (χ3n) is 4.77. The summed E-state index contributed by atoms with van der Waals surface area (Å²) in [6.45, 7) is 3.98. The molecule has 28 heavy (non-hydrogen) atoms. The third-order valence-corrected chi connectivity index (χ3v) is 6.86. The zero-order valence-electron chi connectivity index (χ0n) is 15.8. The number of hydrogen-bond donors (Lipinski definition) is 1. The van der Waals surface area contributed by atoms with Crippen molar-refractivity contribution in [2.45, 2.75) is 31.6 Å². The van der Waals surface area contributed by atoms with Gasteiger partial charge in [0.1, 0.15) is 4.90 Å². The minimum atomic E-state index is -3.90. The summed E-state index contributed by atoms with van der Waals surface area (Å²) in [5.41, 5.74) is 5.83. The number of nitrogens with zero attached hydrogens (tertiary/aromatic N) is 3. The molecule has 0 aliphatic heterocycles. The van der Waals surface area contributed by atoms with Gasteiger partial charge in [-0.2, -0.15) is 9.41 Å². The van der Waals surface area contributed by atoms with Crippen LogP contribution in [0, 0.1) is 10.1 Å². The van der Waals surface area contributed by atoms with E-state index in [2.05, 4.69) is 10.5 Å². The second-order valence-corrected chi connectivity index (χ2v) is 8.26. The van der Waals surface area contributed by atoms with Crippen molar-refractivity contribution in [1.29, 1.82) is 0 Å². The molecule has 2 aromatic rings. The molecule has 0 saturated heterocycles. The van der Waals surface area contributed by atoms with Gasteiger partial charge >= 0.3 is 0 Å². The molecule has 0 heterocycles. The number of non-ortho nitro benzene ring substituents is 1. The standard InChI is InChI=1S/C19H22N4O4S/c1-3-22(4-2)28(26,27)19-13-15(23(24)25)10-12-18(19)21-20-17-11-9-14-7-5-6-8-16(14)17/h5-8,10,12-13,21H,3-4,9,11H2,1-2H3. The Kier molecular flexibility index (Phi) is 5.76. The fourth-order valence-electron chi connectivity index (χ4n) is 3.28. The molecule has 1 N–H and O–H groups in total. The highest BCUT2D eigenvalue weighted by Crippen LogP contribution is 2.30. The largest absolute Gasteiger partial charge is 0.277 e. The summed E-state index contributed by atoms with van der Waals surface area (Å²) < 4.78 is 27.3. The Labute approximate surface area is 164 Å². The predicted octanol–water partition coefficient (Wildman–Crippen LogP) is 3.39. The Morgan fingerprint density at radius 1 is 1.14 bits per heavy atom. The molecule has 9 heteroatoms. The third kappa shape index (κ3) is 3.76. The molecule has 148 valence electrons. The van der Waals surface area contributed by atoms with Crippen molar-refractivity contribution < 1.29 is 13.3 Å². The highest BCUT2D eigenvalue weighted by Gasteiger charge is 2.27. The molecule has 0 spiro atoms. The molecule has 1 aliphatic carbocycles. The molecule has 0 bridgehead atoms. The topological polar surface area (TPSA) is 105 Å². The van der Waals surface area contributed by atoms with E-state index in [-0.39, 0.29) is 29.4 Å². The minimum absolute atomic E-state index is 0.152. The van der Waals surface area contributed by atoms with E-state index >= 15 is 0 Å². The van der Waals surface area contributed by atoms with Crippen LogP contribution in [0.3, 0.4) is 0 Å². The lowest BCUT2D eigenvalue weighted by atomic mass is 10.1. The first-order chi connectivity index (χ1) is 13.4. The number of rotatable bonds is 7. The summed E-state index contributed by atoms with van der Waals surface area (Å²) in [4.78, 5) is 10.4. The zero-order chi connectivity index (χ0) is 20.3. The van der Waals surface area contributed by atoms with Gasteiger partial charge in [0.05, 0.1) is 16.3 Å². The number of sulfonamides is 1. The van der Waals surface area contributed by atoms with Crippen LogP contribution in [0.25, 0.3) is 0 Å². The van der Waals surface area contributed by atoms with Gasteiger partial charge in [0.25, 0.3) is 5.69 Å². The van der Waals surface area contributed by atoms with Crippen molar-refractivity contribution in [1.82, 2.24) is 4.31 Å². The number of benzene rings is 2. The molecule has 0 atom stereocenters. The lowest BCUT2D eigenvalue weighted by Gasteiger charge is -2.20. The van der Waals surface area contributed by atoms with Crippen LogP contribution < -0.4 is 5.43 Å². The predicted molar refractivity (Wildman–Crippen MR) is 108 cm³/mol. The normalized spacial score (nSPS) is 15.0. The molecule has 1 aliphatic rings. The molecule has 8 nitrogen and oxygen atoms in total. The lowest BCUT2D eigenvalue weighted by molar-refractivity contribution is -0.385. The van der Waals surface area contributed by atoms with Gasteiger partial charge in [-0.1, -0.05) is 38.1 Å². The van der Waals surface area contributed by atoms with Crippen LogP contribution in [-0.2, 0) is 16.4 Å². The molecule has 0 fully saturated rings. The van der Waals surface area contributed by atoms with Crippen LogP contribution in [0.15, 0.2) is 52.5 Å². The van der Waals surface area contributed by atoms with Gasteiger partial charge in [0.15, 0.2) is 0 Å². The highest BCUT2D eigenvalue weighted by molar-refractivity contribution is 7.89. The average Bonchev–Trinajstić information content (AvgIpc) is 3.10. The number of nitro groups is 1. The average molecular weight is 402 g/mol. The Hall–Kier alpha value is -2.78. The van der Waals surface area contributed by atoms with E-state index in [1.807, 2.05) is 24.3 Å². The molecule has 3 rings (SSSR count). The van der Waals surface area contributed by atoms with E-state index in [4.69, 9.17) is 0 Å². The molecule has 0 radical (unpaired) electrons. The maximum absolute atomic E-state index is 13.0. The van der Waals surface area contributed by atoms with E-state index < -0.39 is 14.9 Å². The number of aryl methyl sites for hydroxylation is 1. The smallest absolute Gasteiger partial charge is 0.270 e. The first-order valence-corrected chi connectivity index (χ1v) is 10.5. The summed E-state index contributed by atoms with van der Waals surface area (Å²) >= 11 is 0. The van der Waals surface area contributed by atoms with Gasteiger partial charge in [-0.15, -0.1) is 0 Å². The maximum Gasteiger partial charge on any atom is 0.270 e. The van der Waals surface area contributed by atoms with E-state index in [0.717, 1.165) is 30.2 Å². The van der Waals surface area contributed by atoms with Crippen LogP contribution in [0.4, 0.5) is 11.4 Å². The first kappa shape index (κ1) is 20.0. The van der Waals surface area contributed by atoms with E-state index in [0.29, 0.717) is 0 Å². The lowest BCUT2D eigenvalue weighted by Crippen LogP contribution is -2.31. The fraction of sp³-hybridized carbons (Fsp3) is 0.316. The Morgan fingerprint density at radius 2 is 1.86 bits per heavy atom. The second-order valence-electron chi connectivity index (χ2n) is 6.35. The summed E-state index contributed by atoms with van der Waals surface area (Å²) in [6, 6.07) is 11.7. The van der Waals surface area contributed by atoms with Crippen molar-refractivity contribution in [2.75, 3.05) is 18.5 Å². The van der Waals surface area contributed by atoms with Crippen molar-refractivity contribution in [3.05, 3.63) is 63.7 Å². The van der Waals surface area contributed by atoms with Crippen LogP contribution >= 0.6 is 0 Å². The van der Waals surface area contributed by atoms with Gasteiger partial charge in [-0.05, 0) is 24.5 Å². The SMILES string of the molecule is CCN(CC)S(=O)(=O)c1cc([N+](=O)[O-])ccc1NN=C1CCc2ccccc21. The van der Waals surface area contributed by atoms with Crippen molar-refractivity contribution >= 4 is 27.1 Å². The number of nitrogens with one attached hydrogen (secondary N) is 1. The van der Waals surface area contributed by atoms with E-state index in [1.54, 1.807) is 13.8 Å². The number of nitro benzene ring substituents is 1. The molecular weight excluding hydrogens is 380 g/mol. The number of hydrazone groups is 1. The van der Waals surface area contributed by atoms with Gasteiger partial charge in [0, 0.05) is 30.8 Å². The molecule has 0 amide bonds. The van der Waals surface area contributed by atoms with Crippen molar-refractivity contribution in [3.8, 4) is 0 Å². The summed E-state index contributed by atoms with van der Waals surface area (Å²) in [5.74, 6) is 0. The van der Waals surface area contributed by atoms with Crippen LogP contribution in [-0.4, -0.2) is 36.4 Å². The highest BCUT2D eigenvalue weighted by atomic mass is 32.2. The van der Waals surface area contributed by atoms with Crippen LogP contribution in [0.1, 0.15) is 31.4 Å². The minimum Gasteiger partial charge on any atom is -0.277 e. The van der Waals surface area contributed by atoms with Crippen LogP contribution in [0.2, 0.25) is 0 Å². The molecular formula is C19H22N4O4S. The molecule has 0 aromatic heterocycles. The summed E-state index contributed by atoms with van der Waals surface area (Å²) in [5, 5.41) is 15.6. The van der Waals surface area contributed by atoms with Crippen molar-refractivity contribution in [2.24, 2.45) is 5.10 Å². The van der Waals surface area contributed by atoms with Crippen LogP contribution in [0.5, 0.6) is 0 Å². The molecule has 0 unspecified atom stereocenters. The first-order valence-electron chi connectivity index (χ1n) is 9.08. The zero-order valence-corrected chi connectivity index (χ0v) is 16.6. The monoisotopic (exact) mass is 402 g/mol. The van der Waals surface area contributed by atoms with Gasteiger partial charge in [-0.25, -0.2) is 8.42 Å². The van der Waals surface area contributed by atoms with E-state index in [9.17, 15) is 18.5 Å². The van der Waals surface area contributed by atoms with Gasteiger partial charge in [-0.3, -0.25) is 15.5 Å². The molecule has 0 saturated carbocycles. The summed E-state index contributed by atoms with van der Waals surface area (Å²) in [6.07, 6.45) is 1.62. The Morgan fingerprint density at radius 3 is 2.54 bits per heavy atom. The van der Waals surface area contributed by atoms with Gasteiger partial charge in [0.2, 0.25) is 10.0 Å². The number of hydrogen-bond acceptors (Lipinski definition) is 6.